The minimum absolute atomic E-state index is 0. The number of aromatic nitrogens is 2. The second-order valence-corrected chi connectivity index (χ2v) is 5.74. The maximum Gasteiger partial charge on any atom is 0.272 e. The molecule has 0 bridgehead atoms. The summed E-state index contributed by atoms with van der Waals surface area (Å²) < 4.78 is 0. The van der Waals surface area contributed by atoms with Gasteiger partial charge < -0.3 is 16.0 Å². The molecule has 2 heterocycles. The molecule has 0 radical (unpaired) electrons. The number of hydrogen-bond donors (Lipinski definition) is 3. The third kappa shape index (κ3) is 3.68. The third-order valence-electron chi connectivity index (χ3n) is 4.28. The van der Waals surface area contributed by atoms with Crippen molar-refractivity contribution in [3.8, 4) is 0 Å². The molecule has 0 spiro atoms. The van der Waals surface area contributed by atoms with Gasteiger partial charge in [0, 0.05) is 37.5 Å². The Morgan fingerprint density at radius 3 is 2.96 bits per heavy atom. The van der Waals surface area contributed by atoms with Crippen molar-refractivity contribution in [1.29, 1.82) is 0 Å². The monoisotopic (exact) mass is 351 g/mol. The number of nitrogens with one attached hydrogen (secondary N) is 2. The predicted molar refractivity (Wildman–Crippen MR) is 94.1 cm³/mol. The summed E-state index contributed by atoms with van der Waals surface area (Å²) in [6.07, 6.45) is 2.25. The zero-order valence-electron chi connectivity index (χ0n) is 13.3. The Morgan fingerprint density at radius 1 is 1.38 bits per heavy atom. The first-order valence-electron chi connectivity index (χ1n) is 7.91. The molecular weight excluding hydrogens is 330 g/mol. The highest BCUT2D eigenvalue weighted by Crippen LogP contribution is 2.17. The van der Waals surface area contributed by atoms with Gasteiger partial charge in [-0.05, 0) is 18.9 Å². The number of benzene rings is 1. The van der Waals surface area contributed by atoms with Crippen molar-refractivity contribution in [2.75, 3.05) is 19.6 Å². The van der Waals surface area contributed by atoms with Gasteiger partial charge in [-0.3, -0.25) is 14.7 Å². The molecule has 1 aliphatic rings. The fourth-order valence-electron chi connectivity index (χ4n) is 3.06. The van der Waals surface area contributed by atoms with E-state index in [9.17, 15) is 9.59 Å². The lowest BCUT2D eigenvalue weighted by molar-refractivity contribution is -0.131. The first kappa shape index (κ1) is 18.2. The van der Waals surface area contributed by atoms with Crippen molar-refractivity contribution in [2.45, 2.75) is 25.3 Å². The van der Waals surface area contributed by atoms with E-state index in [1.165, 1.54) is 0 Å². The highest BCUT2D eigenvalue weighted by molar-refractivity contribution is 6.04. The number of carbonyl (C=O) groups is 2. The molecule has 1 unspecified atom stereocenters. The number of fused-ring (bicyclic) bond motifs is 1. The van der Waals surface area contributed by atoms with E-state index in [1.807, 2.05) is 29.2 Å². The summed E-state index contributed by atoms with van der Waals surface area (Å²) >= 11 is 0. The van der Waals surface area contributed by atoms with Gasteiger partial charge in [-0.2, -0.15) is 5.10 Å². The fourth-order valence-corrected chi connectivity index (χ4v) is 3.06. The van der Waals surface area contributed by atoms with E-state index >= 15 is 0 Å². The summed E-state index contributed by atoms with van der Waals surface area (Å²) in [6.45, 7) is 1.56. The Balaban J connectivity index is 0.00000208. The molecule has 0 saturated carbocycles. The van der Waals surface area contributed by atoms with E-state index < -0.39 is 0 Å². The Kier molecular flexibility index (Phi) is 6.16. The van der Waals surface area contributed by atoms with Gasteiger partial charge in [0.15, 0.2) is 5.69 Å². The van der Waals surface area contributed by atoms with Crippen molar-refractivity contribution in [1.82, 2.24) is 20.4 Å². The van der Waals surface area contributed by atoms with Crippen LogP contribution in [0.15, 0.2) is 24.3 Å². The van der Waals surface area contributed by atoms with Gasteiger partial charge in [0.05, 0.1) is 5.52 Å². The zero-order valence-corrected chi connectivity index (χ0v) is 14.1. The second-order valence-electron chi connectivity index (χ2n) is 5.74. The molecule has 3 rings (SSSR count). The topological polar surface area (TPSA) is 104 Å². The van der Waals surface area contributed by atoms with Crippen LogP contribution in [0.1, 0.15) is 29.8 Å². The Morgan fingerprint density at radius 2 is 2.17 bits per heavy atom. The lowest BCUT2D eigenvalue weighted by Crippen LogP contribution is -2.41. The van der Waals surface area contributed by atoms with Crippen LogP contribution in [0, 0.1) is 0 Å². The molecular formula is C16H22ClN5O2. The Labute approximate surface area is 146 Å². The number of nitrogens with zero attached hydrogens (tertiary/aromatic N) is 2. The molecule has 8 heteroatoms. The van der Waals surface area contributed by atoms with Crippen molar-refractivity contribution in [2.24, 2.45) is 5.73 Å². The number of rotatable bonds is 5. The van der Waals surface area contributed by atoms with Gasteiger partial charge in [-0.1, -0.05) is 18.2 Å². The number of hydrogen-bond acceptors (Lipinski definition) is 4. The molecule has 1 atom stereocenters. The van der Waals surface area contributed by atoms with Gasteiger partial charge in [-0.25, -0.2) is 0 Å². The molecule has 1 aromatic carbocycles. The largest absolute Gasteiger partial charge is 0.350 e. The van der Waals surface area contributed by atoms with Crippen LogP contribution in [-0.2, 0) is 4.79 Å². The number of likely N-dealkylation sites (tertiary alicyclic amines) is 1. The molecule has 1 aliphatic heterocycles. The van der Waals surface area contributed by atoms with E-state index in [4.69, 9.17) is 5.73 Å². The molecule has 2 aromatic rings. The molecule has 0 aliphatic carbocycles. The Bertz CT molecular complexity index is 717. The van der Waals surface area contributed by atoms with Crippen LogP contribution in [0.3, 0.4) is 0 Å². The van der Waals surface area contributed by atoms with Crippen molar-refractivity contribution < 1.29 is 9.59 Å². The molecule has 1 fully saturated rings. The average Bonchev–Trinajstić information content (AvgIpc) is 3.21. The van der Waals surface area contributed by atoms with Gasteiger partial charge in [0.2, 0.25) is 5.91 Å². The maximum absolute atomic E-state index is 12.2. The van der Waals surface area contributed by atoms with E-state index in [1.54, 1.807) is 0 Å². The number of halogens is 1. The summed E-state index contributed by atoms with van der Waals surface area (Å²) in [4.78, 5) is 26.2. The number of carbonyl (C=O) groups excluding carboxylic acids is 2. The smallest absolute Gasteiger partial charge is 0.272 e. The van der Waals surface area contributed by atoms with Gasteiger partial charge in [0.1, 0.15) is 0 Å². The number of para-hydroxylation sites is 1. The molecule has 1 saturated heterocycles. The van der Waals surface area contributed by atoms with Gasteiger partial charge >= 0.3 is 0 Å². The average molecular weight is 352 g/mol. The number of H-pyrrole nitrogens is 1. The summed E-state index contributed by atoms with van der Waals surface area (Å²) in [5.41, 5.74) is 6.85. The van der Waals surface area contributed by atoms with Crippen molar-refractivity contribution >= 4 is 35.1 Å². The van der Waals surface area contributed by atoms with E-state index in [0.29, 0.717) is 18.8 Å². The van der Waals surface area contributed by atoms with Crippen LogP contribution in [0.25, 0.3) is 10.9 Å². The molecule has 7 nitrogen and oxygen atoms in total. The second kappa shape index (κ2) is 8.12. The quantitative estimate of drug-likeness (QED) is 0.749. The lowest BCUT2D eigenvalue weighted by Gasteiger charge is -2.23. The Hall–Kier alpha value is -2.12. The zero-order chi connectivity index (χ0) is 16.2. The molecule has 24 heavy (non-hydrogen) atoms. The molecule has 2 amide bonds. The highest BCUT2D eigenvalue weighted by Gasteiger charge is 2.27. The van der Waals surface area contributed by atoms with E-state index in [2.05, 4.69) is 15.5 Å². The van der Waals surface area contributed by atoms with Crippen molar-refractivity contribution in [3.63, 3.8) is 0 Å². The number of nitrogens with two attached hydrogens (primary N) is 1. The minimum Gasteiger partial charge on any atom is -0.350 e. The van der Waals surface area contributed by atoms with Crippen LogP contribution in [0.5, 0.6) is 0 Å². The summed E-state index contributed by atoms with van der Waals surface area (Å²) in [5.74, 6) is -0.225. The minimum atomic E-state index is -0.271. The van der Waals surface area contributed by atoms with Crippen LogP contribution in [0.2, 0.25) is 0 Å². The highest BCUT2D eigenvalue weighted by atomic mass is 35.5. The number of amides is 2. The molecule has 130 valence electrons. The summed E-state index contributed by atoms with van der Waals surface area (Å²) in [5, 5.41) is 10.4. The molecule has 4 N–H and O–H groups in total. The third-order valence-corrected chi connectivity index (χ3v) is 4.28. The normalized spacial score (nSPS) is 16.9. The van der Waals surface area contributed by atoms with Crippen LogP contribution in [0.4, 0.5) is 0 Å². The molecule has 1 aromatic heterocycles. The first-order valence-corrected chi connectivity index (χ1v) is 7.91. The SMILES string of the molecule is Cl.NCC1CCCN1C(=O)CCNC(=O)c1n[nH]c2ccccc12. The van der Waals surface area contributed by atoms with Gasteiger partial charge in [-0.15, -0.1) is 12.4 Å². The first-order chi connectivity index (χ1) is 11.2. The van der Waals surface area contributed by atoms with Crippen LogP contribution >= 0.6 is 12.4 Å². The fraction of sp³-hybridized carbons (Fsp3) is 0.438. The summed E-state index contributed by atoms with van der Waals surface area (Å²) in [7, 11) is 0. The van der Waals surface area contributed by atoms with Crippen molar-refractivity contribution in [3.05, 3.63) is 30.0 Å². The predicted octanol–water partition coefficient (Wildman–Crippen LogP) is 1.05. The van der Waals surface area contributed by atoms with E-state index in [0.717, 1.165) is 30.3 Å². The lowest BCUT2D eigenvalue weighted by atomic mass is 10.2. The van der Waals surface area contributed by atoms with Crippen LogP contribution in [-0.4, -0.2) is 52.6 Å². The van der Waals surface area contributed by atoms with E-state index in [-0.39, 0.29) is 36.7 Å². The number of aromatic amines is 1. The maximum atomic E-state index is 12.2. The standard InChI is InChI=1S/C16H21N5O2.ClH/c17-10-11-4-3-9-21(11)14(22)7-8-18-16(23)15-12-5-1-2-6-13(12)19-20-15;/h1-2,5-6,11H,3-4,7-10,17H2,(H,18,23)(H,19,20);1H. The van der Waals surface area contributed by atoms with Gasteiger partial charge in [0.25, 0.3) is 5.91 Å². The summed E-state index contributed by atoms with van der Waals surface area (Å²) in [6, 6.07) is 7.59. The van der Waals surface area contributed by atoms with Crippen LogP contribution < -0.4 is 11.1 Å².